The van der Waals surface area contributed by atoms with Crippen LogP contribution in [0.5, 0.6) is 0 Å². The maximum atomic E-state index is 12.9. The van der Waals surface area contributed by atoms with Gasteiger partial charge in [-0.15, -0.1) is 0 Å². The van der Waals surface area contributed by atoms with Gasteiger partial charge >= 0.3 is 5.97 Å². The fourth-order valence-electron chi connectivity index (χ4n) is 2.51. The molecular weight excluding hydrogens is 399 g/mol. The number of carbonyl (C=O) groups excluding carboxylic acids is 2. The van der Waals surface area contributed by atoms with E-state index in [0.29, 0.717) is 5.69 Å². The molecule has 3 aromatic carbocycles. The summed E-state index contributed by atoms with van der Waals surface area (Å²) in [5.74, 6) is -2.07. The minimum Gasteiger partial charge on any atom is -0.455 e. The largest absolute Gasteiger partial charge is 0.455 e. The van der Waals surface area contributed by atoms with Crippen molar-refractivity contribution in [2.75, 3.05) is 18.5 Å². The fourth-order valence-corrected chi connectivity index (χ4v) is 3.48. The Morgan fingerprint density at radius 2 is 1.62 bits per heavy atom. The number of amides is 1. The average molecular weight is 416 g/mol. The SMILES string of the molecule is O=C(COC(=O)CNS(=O)(=O)c1ccc(F)cc1)Nc1ccc2ccccc2c1. The maximum Gasteiger partial charge on any atom is 0.321 e. The number of halogens is 1. The fraction of sp³-hybridized carbons (Fsp3) is 0.100. The van der Waals surface area contributed by atoms with Crippen molar-refractivity contribution in [3.05, 3.63) is 72.5 Å². The lowest BCUT2D eigenvalue weighted by atomic mass is 10.1. The Balaban J connectivity index is 1.48. The molecule has 0 aliphatic carbocycles. The van der Waals surface area contributed by atoms with E-state index in [1.165, 1.54) is 0 Å². The normalized spacial score (nSPS) is 11.2. The second kappa shape index (κ2) is 8.80. The number of sulfonamides is 1. The van der Waals surface area contributed by atoms with Crippen LogP contribution >= 0.6 is 0 Å². The molecule has 0 fully saturated rings. The van der Waals surface area contributed by atoms with E-state index in [0.717, 1.165) is 35.0 Å². The third-order valence-electron chi connectivity index (χ3n) is 3.93. The van der Waals surface area contributed by atoms with E-state index in [1.54, 1.807) is 12.1 Å². The molecule has 9 heteroatoms. The molecule has 29 heavy (non-hydrogen) atoms. The zero-order valence-corrected chi connectivity index (χ0v) is 15.9. The quantitative estimate of drug-likeness (QED) is 0.576. The van der Waals surface area contributed by atoms with Crippen molar-refractivity contribution in [3.63, 3.8) is 0 Å². The smallest absolute Gasteiger partial charge is 0.321 e. The highest BCUT2D eigenvalue weighted by molar-refractivity contribution is 7.89. The summed E-state index contributed by atoms with van der Waals surface area (Å²) in [6.07, 6.45) is 0. The van der Waals surface area contributed by atoms with Gasteiger partial charge in [0.15, 0.2) is 6.61 Å². The van der Waals surface area contributed by atoms with Crippen LogP contribution in [0.3, 0.4) is 0 Å². The number of anilines is 1. The number of carbonyl (C=O) groups is 2. The lowest BCUT2D eigenvalue weighted by Crippen LogP contribution is -2.32. The minimum atomic E-state index is -4.00. The summed E-state index contributed by atoms with van der Waals surface area (Å²) < 4.78 is 43.7. The van der Waals surface area contributed by atoms with Crippen LogP contribution in [0.1, 0.15) is 0 Å². The Kier molecular flexibility index (Phi) is 6.20. The van der Waals surface area contributed by atoms with Crippen molar-refractivity contribution < 1.29 is 27.1 Å². The number of nitrogens with one attached hydrogen (secondary N) is 2. The number of hydrogen-bond donors (Lipinski definition) is 2. The Bertz CT molecular complexity index is 1150. The summed E-state index contributed by atoms with van der Waals surface area (Å²) in [5.41, 5.74) is 0.543. The van der Waals surface area contributed by atoms with Crippen LogP contribution in [-0.4, -0.2) is 33.4 Å². The summed E-state index contributed by atoms with van der Waals surface area (Å²) in [7, 11) is -4.00. The van der Waals surface area contributed by atoms with Crippen LogP contribution in [0.2, 0.25) is 0 Å². The van der Waals surface area contributed by atoms with Gasteiger partial charge in [-0.3, -0.25) is 9.59 Å². The van der Waals surface area contributed by atoms with Crippen molar-refractivity contribution in [1.29, 1.82) is 0 Å². The summed E-state index contributed by atoms with van der Waals surface area (Å²) in [6, 6.07) is 17.1. The molecule has 0 aromatic heterocycles. The van der Waals surface area contributed by atoms with Crippen molar-refractivity contribution >= 4 is 38.4 Å². The lowest BCUT2D eigenvalue weighted by molar-refractivity contribution is -0.146. The third kappa shape index (κ3) is 5.59. The molecule has 0 bridgehead atoms. The molecule has 0 saturated heterocycles. The van der Waals surface area contributed by atoms with E-state index in [9.17, 15) is 22.4 Å². The standard InChI is InChI=1S/C20H17FN2O5S/c21-16-6-9-18(10-7-16)29(26,27)22-12-20(25)28-13-19(24)23-17-8-5-14-3-1-2-4-15(14)11-17/h1-11,22H,12-13H2,(H,23,24). The molecule has 0 aliphatic rings. The van der Waals surface area contributed by atoms with Crippen LogP contribution in [0.25, 0.3) is 10.8 Å². The monoisotopic (exact) mass is 416 g/mol. The Hall–Kier alpha value is -3.30. The van der Waals surface area contributed by atoms with Gasteiger partial charge in [-0.25, -0.2) is 12.8 Å². The van der Waals surface area contributed by atoms with Crippen molar-refractivity contribution in [3.8, 4) is 0 Å². The van der Waals surface area contributed by atoms with Gasteiger partial charge in [0, 0.05) is 5.69 Å². The maximum absolute atomic E-state index is 12.9. The van der Waals surface area contributed by atoms with Gasteiger partial charge in [0.2, 0.25) is 10.0 Å². The molecule has 0 saturated carbocycles. The summed E-state index contributed by atoms with van der Waals surface area (Å²) in [4.78, 5) is 23.5. The van der Waals surface area contributed by atoms with Crippen molar-refractivity contribution in [2.24, 2.45) is 0 Å². The Labute approximate surface area is 166 Å². The minimum absolute atomic E-state index is 0.194. The molecule has 150 valence electrons. The van der Waals surface area contributed by atoms with Gasteiger partial charge in [-0.05, 0) is 47.2 Å². The highest BCUT2D eigenvalue weighted by Crippen LogP contribution is 2.18. The zero-order valence-electron chi connectivity index (χ0n) is 15.1. The summed E-state index contributed by atoms with van der Waals surface area (Å²) in [5, 5.41) is 4.56. The van der Waals surface area contributed by atoms with Crippen LogP contribution in [-0.2, 0) is 24.3 Å². The Morgan fingerprint density at radius 3 is 2.34 bits per heavy atom. The Morgan fingerprint density at radius 1 is 0.931 bits per heavy atom. The molecule has 7 nitrogen and oxygen atoms in total. The summed E-state index contributed by atoms with van der Waals surface area (Å²) in [6.45, 7) is -1.23. The first-order chi connectivity index (χ1) is 13.8. The molecule has 0 atom stereocenters. The number of hydrogen-bond acceptors (Lipinski definition) is 5. The predicted octanol–water partition coefficient (Wildman–Crippen LogP) is 2.44. The highest BCUT2D eigenvalue weighted by Gasteiger charge is 2.16. The molecule has 3 rings (SSSR count). The number of rotatable bonds is 7. The van der Waals surface area contributed by atoms with Crippen molar-refractivity contribution in [2.45, 2.75) is 4.90 Å². The van der Waals surface area contributed by atoms with E-state index < -0.39 is 40.9 Å². The van der Waals surface area contributed by atoms with Gasteiger partial charge in [0.25, 0.3) is 5.91 Å². The summed E-state index contributed by atoms with van der Waals surface area (Å²) >= 11 is 0. The molecule has 2 N–H and O–H groups in total. The average Bonchev–Trinajstić information content (AvgIpc) is 2.71. The molecular formula is C20H17FN2O5S. The van der Waals surface area contributed by atoms with Crippen LogP contribution in [0, 0.1) is 5.82 Å². The van der Waals surface area contributed by atoms with Gasteiger partial charge in [-0.1, -0.05) is 30.3 Å². The molecule has 0 radical (unpaired) electrons. The second-order valence-electron chi connectivity index (χ2n) is 6.05. The predicted molar refractivity (Wildman–Crippen MR) is 105 cm³/mol. The molecule has 0 aliphatic heterocycles. The number of fused-ring (bicyclic) bond motifs is 1. The number of ether oxygens (including phenoxy) is 1. The highest BCUT2D eigenvalue weighted by atomic mass is 32.2. The first-order valence-electron chi connectivity index (χ1n) is 8.53. The van der Waals surface area contributed by atoms with Gasteiger partial charge in [0.1, 0.15) is 12.4 Å². The van der Waals surface area contributed by atoms with E-state index >= 15 is 0 Å². The third-order valence-corrected chi connectivity index (χ3v) is 5.35. The number of esters is 1. The van der Waals surface area contributed by atoms with E-state index in [1.807, 2.05) is 35.1 Å². The molecule has 0 heterocycles. The molecule has 0 spiro atoms. The molecule has 3 aromatic rings. The van der Waals surface area contributed by atoms with E-state index in [2.05, 4.69) is 5.32 Å². The molecule has 1 amide bonds. The van der Waals surface area contributed by atoms with E-state index in [-0.39, 0.29) is 4.90 Å². The van der Waals surface area contributed by atoms with Gasteiger partial charge in [-0.2, -0.15) is 4.72 Å². The molecule has 0 unspecified atom stereocenters. The zero-order chi connectivity index (χ0) is 20.9. The van der Waals surface area contributed by atoms with Crippen LogP contribution in [0.4, 0.5) is 10.1 Å². The van der Waals surface area contributed by atoms with E-state index in [4.69, 9.17) is 4.74 Å². The first-order valence-corrected chi connectivity index (χ1v) is 10.0. The number of benzene rings is 3. The topological polar surface area (TPSA) is 102 Å². The lowest BCUT2D eigenvalue weighted by Gasteiger charge is -2.09. The van der Waals surface area contributed by atoms with Crippen LogP contribution < -0.4 is 10.0 Å². The second-order valence-corrected chi connectivity index (χ2v) is 7.82. The first kappa shape index (κ1) is 20.4. The van der Waals surface area contributed by atoms with Gasteiger partial charge < -0.3 is 10.1 Å². The van der Waals surface area contributed by atoms with Gasteiger partial charge in [0.05, 0.1) is 4.90 Å². The van der Waals surface area contributed by atoms with Crippen LogP contribution in [0.15, 0.2) is 71.6 Å². The van der Waals surface area contributed by atoms with Crippen molar-refractivity contribution in [1.82, 2.24) is 4.72 Å².